The predicted octanol–water partition coefficient (Wildman–Crippen LogP) is 4.47. The Bertz CT molecular complexity index is 876. The van der Waals surface area contributed by atoms with Gasteiger partial charge in [0.05, 0.1) is 0 Å². The van der Waals surface area contributed by atoms with Gasteiger partial charge in [-0.2, -0.15) is 0 Å². The van der Waals surface area contributed by atoms with Crippen LogP contribution in [-0.4, -0.2) is 47.3 Å². The Hall–Kier alpha value is -2.69. The first kappa shape index (κ1) is 20.6. The van der Waals surface area contributed by atoms with E-state index >= 15 is 0 Å². The fourth-order valence-corrected chi connectivity index (χ4v) is 4.62. The molecule has 2 amide bonds. The van der Waals surface area contributed by atoms with Crippen molar-refractivity contribution in [2.75, 3.05) is 19.6 Å². The standard InChI is InChI=1S/C25H29FN2O2/c1-2-14-28(25(30)23-17-22(23)18-8-10-20(26)11-9-18)21-12-15-27(16-13-21)24(29)19-6-4-3-5-7-19/h3-11,21-23H,2,12-17H2,1H3. The van der Waals surface area contributed by atoms with Crippen molar-refractivity contribution in [1.29, 1.82) is 0 Å². The highest BCUT2D eigenvalue weighted by Crippen LogP contribution is 2.49. The summed E-state index contributed by atoms with van der Waals surface area (Å²) in [6.07, 6.45) is 3.40. The van der Waals surface area contributed by atoms with Gasteiger partial charge in [-0.25, -0.2) is 4.39 Å². The van der Waals surface area contributed by atoms with Gasteiger partial charge in [-0.1, -0.05) is 37.3 Å². The molecule has 0 bridgehead atoms. The lowest BCUT2D eigenvalue weighted by atomic mass is 10.0. The maximum atomic E-state index is 13.3. The minimum absolute atomic E-state index is 0.00555. The number of carbonyl (C=O) groups is 2. The normalized spacial score (nSPS) is 21.3. The van der Waals surface area contributed by atoms with Crippen LogP contribution in [0.4, 0.5) is 4.39 Å². The fourth-order valence-electron chi connectivity index (χ4n) is 4.62. The summed E-state index contributed by atoms with van der Waals surface area (Å²) in [5.41, 5.74) is 1.77. The molecule has 2 aliphatic rings. The summed E-state index contributed by atoms with van der Waals surface area (Å²) in [4.78, 5) is 29.9. The first-order valence-corrected chi connectivity index (χ1v) is 11.0. The van der Waals surface area contributed by atoms with Gasteiger partial charge in [0.2, 0.25) is 5.91 Å². The molecule has 0 radical (unpaired) electrons. The quantitative estimate of drug-likeness (QED) is 0.707. The van der Waals surface area contributed by atoms with E-state index in [0.29, 0.717) is 13.1 Å². The Morgan fingerprint density at radius 2 is 1.70 bits per heavy atom. The third-order valence-electron chi connectivity index (χ3n) is 6.37. The summed E-state index contributed by atoms with van der Waals surface area (Å²) in [6.45, 7) is 4.21. The van der Waals surface area contributed by atoms with E-state index in [0.717, 1.165) is 43.4 Å². The molecule has 5 heteroatoms. The molecule has 2 unspecified atom stereocenters. The molecular formula is C25H29FN2O2. The molecule has 1 saturated heterocycles. The Morgan fingerprint density at radius 1 is 1.03 bits per heavy atom. The number of halogens is 1. The number of amides is 2. The van der Waals surface area contributed by atoms with Crippen LogP contribution in [0.5, 0.6) is 0 Å². The lowest BCUT2D eigenvalue weighted by Gasteiger charge is -2.39. The van der Waals surface area contributed by atoms with E-state index in [4.69, 9.17) is 0 Å². The van der Waals surface area contributed by atoms with Crippen LogP contribution >= 0.6 is 0 Å². The first-order valence-electron chi connectivity index (χ1n) is 11.0. The van der Waals surface area contributed by atoms with Crippen molar-refractivity contribution in [3.05, 3.63) is 71.5 Å². The van der Waals surface area contributed by atoms with Crippen LogP contribution in [0.1, 0.15) is 54.4 Å². The van der Waals surface area contributed by atoms with E-state index in [2.05, 4.69) is 11.8 Å². The maximum absolute atomic E-state index is 13.3. The molecule has 1 saturated carbocycles. The molecule has 4 rings (SSSR count). The van der Waals surface area contributed by atoms with E-state index in [-0.39, 0.29) is 35.5 Å². The summed E-state index contributed by atoms with van der Waals surface area (Å²) in [5.74, 6) is 0.259. The number of carbonyl (C=O) groups excluding carboxylic acids is 2. The number of nitrogens with zero attached hydrogens (tertiary/aromatic N) is 2. The average Bonchev–Trinajstić information content (AvgIpc) is 3.59. The Balaban J connectivity index is 1.36. The second-order valence-corrected chi connectivity index (χ2v) is 8.42. The lowest BCUT2D eigenvalue weighted by Crippen LogP contribution is -2.49. The molecule has 158 valence electrons. The molecule has 1 aliphatic heterocycles. The lowest BCUT2D eigenvalue weighted by molar-refractivity contribution is -0.136. The van der Waals surface area contributed by atoms with E-state index in [1.54, 1.807) is 12.1 Å². The van der Waals surface area contributed by atoms with Crippen LogP contribution in [-0.2, 0) is 4.79 Å². The van der Waals surface area contributed by atoms with E-state index in [9.17, 15) is 14.0 Å². The number of benzene rings is 2. The van der Waals surface area contributed by atoms with Gasteiger partial charge in [0.15, 0.2) is 0 Å². The molecule has 0 N–H and O–H groups in total. The van der Waals surface area contributed by atoms with Gasteiger partial charge in [-0.05, 0) is 61.4 Å². The maximum Gasteiger partial charge on any atom is 0.253 e. The molecule has 2 aromatic carbocycles. The van der Waals surface area contributed by atoms with Crippen LogP contribution in [0, 0.1) is 11.7 Å². The molecule has 30 heavy (non-hydrogen) atoms. The van der Waals surface area contributed by atoms with Gasteiger partial charge in [0.25, 0.3) is 5.91 Å². The summed E-state index contributed by atoms with van der Waals surface area (Å²) in [6, 6.07) is 16.1. The molecule has 1 heterocycles. The molecule has 4 nitrogen and oxygen atoms in total. The first-order chi connectivity index (χ1) is 14.6. The molecule has 2 atom stereocenters. The number of likely N-dealkylation sites (tertiary alicyclic amines) is 1. The monoisotopic (exact) mass is 408 g/mol. The largest absolute Gasteiger partial charge is 0.339 e. The van der Waals surface area contributed by atoms with Crippen LogP contribution in [0.3, 0.4) is 0 Å². The van der Waals surface area contributed by atoms with Crippen molar-refractivity contribution in [3.63, 3.8) is 0 Å². The second-order valence-electron chi connectivity index (χ2n) is 8.42. The zero-order valence-corrected chi connectivity index (χ0v) is 17.5. The Morgan fingerprint density at radius 3 is 2.33 bits per heavy atom. The predicted molar refractivity (Wildman–Crippen MR) is 115 cm³/mol. The number of piperidine rings is 1. The van der Waals surface area contributed by atoms with Gasteiger partial charge in [-0.15, -0.1) is 0 Å². The summed E-state index contributed by atoms with van der Waals surface area (Å²) in [7, 11) is 0. The van der Waals surface area contributed by atoms with Gasteiger partial charge in [-0.3, -0.25) is 9.59 Å². The molecule has 1 aliphatic carbocycles. The molecular weight excluding hydrogens is 379 g/mol. The SMILES string of the molecule is CCCN(C(=O)C1CC1c1ccc(F)cc1)C1CCN(C(=O)c2ccccc2)CC1. The van der Waals surface area contributed by atoms with Crippen molar-refractivity contribution in [2.45, 2.75) is 44.6 Å². The van der Waals surface area contributed by atoms with Crippen molar-refractivity contribution in [2.24, 2.45) is 5.92 Å². The average molecular weight is 409 g/mol. The number of hydrogen-bond acceptors (Lipinski definition) is 2. The van der Waals surface area contributed by atoms with Gasteiger partial charge >= 0.3 is 0 Å². The smallest absolute Gasteiger partial charge is 0.253 e. The topological polar surface area (TPSA) is 40.6 Å². The molecule has 2 fully saturated rings. The fraction of sp³-hybridized carbons (Fsp3) is 0.440. The highest BCUT2D eigenvalue weighted by molar-refractivity contribution is 5.94. The number of rotatable bonds is 6. The van der Waals surface area contributed by atoms with E-state index in [1.807, 2.05) is 35.2 Å². The van der Waals surface area contributed by atoms with Crippen LogP contribution < -0.4 is 0 Å². The van der Waals surface area contributed by atoms with Gasteiger partial charge < -0.3 is 9.80 Å². The second kappa shape index (κ2) is 8.99. The molecule has 0 spiro atoms. The van der Waals surface area contributed by atoms with Gasteiger partial charge in [0, 0.05) is 37.2 Å². The highest BCUT2D eigenvalue weighted by Gasteiger charge is 2.47. The third kappa shape index (κ3) is 4.40. The molecule has 2 aromatic rings. The van der Waals surface area contributed by atoms with Crippen LogP contribution in [0.2, 0.25) is 0 Å². The zero-order chi connectivity index (χ0) is 21.1. The summed E-state index contributed by atoms with van der Waals surface area (Å²) < 4.78 is 13.2. The third-order valence-corrected chi connectivity index (χ3v) is 6.37. The van der Waals surface area contributed by atoms with Crippen molar-refractivity contribution in [3.8, 4) is 0 Å². The minimum Gasteiger partial charge on any atom is -0.339 e. The van der Waals surface area contributed by atoms with Crippen LogP contribution in [0.25, 0.3) is 0 Å². The summed E-state index contributed by atoms with van der Waals surface area (Å²) >= 11 is 0. The van der Waals surface area contributed by atoms with Crippen molar-refractivity contribution >= 4 is 11.8 Å². The number of hydrogen-bond donors (Lipinski definition) is 0. The Labute approximate surface area is 177 Å². The van der Waals surface area contributed by atoms with E-state index in [1.165, 1.54) is 12.1 Å². The molecule has 0 aromatic heterocycles. The minimum atomic E-state index is -0.244. The Kier molecular flexibility index (Phi) is 6.16. The van der Waals surface area contributed by atoms with Crippen molar-refractivity contribution in [1.82, 2.24) is 9.80 Å². The van der Waals surface area contributed by atoms with Crippen LogP contribution in [0.15, 0.2) is 54.6 Å². The summed E-state index contributed by atoms with van der Waals surface area (Å²) in [5, 5.41) is 0. The van der Waals surface area contributed by atoms with Crippen molar-refractivity contribution < 1.29 is 14.0 Å². The van der Waals surface area contributed by atoms with Gasteiger partial charge in [0.1, 0.15) is 5.82 Å². The zero-order valence-electron chi connectivity index (χ0n) is 17.5. The highest BCUT2D eigenvalue weighted by atomic mass is 19.1. The van der Waals surface area contributed by atoms with E-state index < -0.39 is 0 Å².